The number of aromatic nitrogens is 2. The SMILES string of the molecule is CCCNc1ncnc(SC(C)CC)c1[N+](=O)[O-]. The average Bonchev–Trinajstić information content (AvgIpc) is 2.35. The van der Waals surface area contributed by atoms with Gasteiger partial charge in [0.25, 0.3) is 0 Å². The zero-order valence-corrected chi connectivity index (χ0v) is 11.7. The zero-order valence-electron chi connectivity index (χ0n) is 10.8. The van der Waals surface area contributed by atoms with Gasteiger partial charge < -0.3 is 5.32 Å². The number of anilines is 1. The summed E-state index contributed by atoms with van der Waals surface area (Å²) in [5.41, 5.74) is -0.0174. The summed E-state index contributed by atoms with van der Waals surface area (Å²) in [6.07, 6.45) is 3.19. The first-order chi connectivity index (χ1) is 8.60. The molecule has 18 heavy (non-hydrogen) atoms. The van der Waals surface area contributed by atoms with Crippen LogP contribution in [0.1, 0.15) is 33.6 Å². The summed E-state index contributed by atoms with van der Waals surface area (Å²) in [6, 6.07) is 0. The highest BCUT2D eigenvalue weighted by Crippen LogP contribution is 2.34. The van der Waals surface area contributed by atoms with Crippen LogP contribution in [-0.2, 0) is 0 Å². The third-order valence-electron chi connectivity index (χ3n) is 2.40. The molecule has 1 atom stereocenters. The summed E-state index contributed by atoms with van der Waals surface area (Å²) in [4.78, 5) is 18.7. The molecule has 1 aromatic heterocycles. The molecule has 0 aliphatic rings. The monoisotopic (exact) mass is 270 g/mol. The second-order valence-corrected chi connectivity index (χ2v) is 5.32. The van der Waals surface area contributed by atoms with E-state index >= 15 is 0 Å². The fourth-order valence-corrected chi connectivity index (χ4v) is 2.20. The van der Waals surface area contributed by atoms with E-state index in [0.29, 0.717) is 17.4 Å². The molecular weight excluding hydrogens is 252 g/mol. The molecule has 0 bridgehead atoms. The van der Waals surface area contributed by atoms with Crippen molar-refractivity contribution in [3.8, 4) is 0 Å². The van der Waals surface area contributed by atoms with Gasteiger partial charge in [0.1, 0.15) is 6.33 Å². The molecule has 1 unspecified atom stereocenters. The Morgan fingerprint density at radius 3 is 2.78 bits per heavy atom. The molecule has 0 spiro atoms. The van der Waals surface area contributed by atoms with E-state index < -0.39 is 4.92 Å². The Morgan fingerprint density at radius 2 is 2.22 bits per heavy atom. The average molecular weight is 270 g/mol. The van der Waals surface area contributed by atoms with Crippen molar-refractivity contribution in [1.29, 1.82) is 0 Å². The van der Waals surface area contributed by atoms with E-state index in [1.54, 1.807) is 0 Å². The van der Waals surface area contributed by atoms with Crippen molar-refractivity contribution in [2.45, 2.75) is 43.9 Å². The molecule has 1 aromatic rings. The van der Waals surface area contributed by atoms with Crippen molar-refractivity contribution in [3.63, 3.8) is 0 Å². The molecule has 0 amide bonds. The van der Waals surface area contributed by atoms with Crippen LogP contribution in [0.5, 0.6) is 0 Å². The van der Waals surface area contributed by atoms with Gasteiger partial charge in [-0.05, 0) is 12.8 Å². The molecule has 0 aromatic carbocycles. The summed E-state index contributed by atoms with van der Waals surface area (Å²) in [5.74, 6) is 0.308. The molecule has 0 fully saturated rings. The van der Waals surface area contributed by atoms with Crippen LogP contribution >= 0.6 is 11.8 Å². The van der Waals surface area contributed by atoms with Crippen LogP contribution in [-0.4, -0.2) is 26.7 Å². The van der Waals surface area contributed by atoms with E-state index in [0.717, 1.165) is 12.8 Å². The fraction of sp³-hybridized carbons (Fsp3) is 0.636. The van der Waals surface area contributed by atoms with Gasteiger partial charge in [-0.15, -0.1) is 0 Å². The highest BCUT2D eigenvalue weighted by molar-refractivity contribution is 8.00. The maximum Gasteiger partial charge on any atom is 0.343 e. The van der Waals surface area contributed by atoms with Crippen molar-refractivity contribution < 1.29 is 4.92 Å². The molecule has 1 heterocycles. The molecule has 0 aliphatic heterocycles. The molecule has 0 radical (unpaired) electrons. The summed E-state index contributed by atoms with van der Waals surface area (Å²) < 4.78 is 0. The number of thioether (sulfide) groups is 1. The maximum absolute atomic E-state index is 11.1. The Kier molecular flexibility index (Phi) is 5.84. The quantitative estimate of drug-likeness (QED) is 0.355. The van der Waals surface area contributed by atoms with Crippen molar-refractivity contribution in [2.24, 2.45) is 0 Å². The van der Waals surface area contributed by atoms with E-state index in [1.165, 1.54) is 18.1 Å². The minimum absolute atomic E-state index is 0.0174. The van der Waals surface area contributed by atoms with E-state index in [4.69, 9.17) is 0 Å². The van der Waals surface area contributed by atoms with Gasteiger partial charge in [0.2, 0.25) is 5.82 Å². The first-order valence-corrected chi connectivity index (χ1v) is 6.88. The zero-order chi connectivity index (χ0) is 13.5. The van der Waals surface area contributed by atoms with Crippen molar-refractivity contribution >= 4 is 23.3 Å². The number of hydrogen-bond acceptors (Lipinski definition) is 6. The summed E-state index contributed by atoms with van der Waals surface area (Å²) in [6.45, 7) is 6.72. The van der Waals surface area contributed by atoms with E-state index in [2.05, 4.69) is 15.3 Å². The van der Waals surface area contributed by atoms with Gasteiger partial charge in [0.05, 0.1) is 4.92 Å². The van der Waals surface area contributed by atoms with Crippen LogP contribution in [0.3, 0.4) is 0 Å². The normalized spacial score (nSPS) is 12.2. The van der Waals surface area contributed by atoms with Gasteiger partial charge in [-0.3, -0.25) is 10.1 Å². The number of hydrogen-bond donors (Lipinski definition) is 1. The van der Waals surface area contributed by atoms with Crippen LogP contribution in [0.15, 0.2) is 11.4 Å². The Hall–Kier alpha value is -1.37. The summed E-state index contributed by atoms with van der Waals surface area (Å²) in [5, 5.41) is 14.8. The van der Waals surface area contributed by atoms with Crippen LogP contribution < -0.4 is 5.32 Å². The van der Waals surface area contributed by atoms with E-state index in [-0.39, 0.29) is 10.9 Å². The Morgan fingerprint density at radius 1 is 1.50 bits per heavy atom. The van der Waals surface area contributed by atoms with Crippen molar-refractivity contribution in [2.75, 3.05) is 11.9 Å². The van der Waals surface area contributed by atoms with Crippen LogP contribution in [0.2, 0.25) is 0 Å². The van der Waals surface area contributed by atoms with Crippen LogP contribution in [0.25, 0.3) is 0 Å². The molecule has 100 valence electrons. The van der Waals surface area contributed by atoms with Crippen LogP contribution in [0, 0.1) is 10.1 Å². The summed E-state index contributed by atoms with van der Waals surface area (Å²) >= 11 is 1.41. The lowest BCUT2D eigenvalue weighted by Gasteiger charge is -2.10. The molecule has 0 saturated carbocycles. The second kappa shape index (κ2) is 7.15. The predicted octanol–water partition coefficient (Wildman–Crippen LogP) is 3.10. The first kappa shape index (κ1) is 14.7. The second-order valence-electron chi connectivity index (χ2n) is 3.90. The van der Waals surface area contributed by atoms with Gasteiger partial charge in [-0.1, -0.05) is 32.5 Å². The highest BCUT2D eigenvalue weighted by Gasteiger charge is 2.23. The van der Waals surface area contributed by atoms with E-state index in [1.807, 2.05) is 20.8 Å². The van der Waals surface area contributed by atoms with Gasteiger partial charge in [-0.25, -0.2) is 9.97 Å². The molecular formula is C11H18N4O2S. The van der Waals surface area contributed by atoms with Crippen LogP contribution in [0.4, 0.5) is 11.5 Å². The number of nitro groups is 1. The van der Waals surface area contributed by atoms with Crippen molar-refractivity contribution in [1.82, 2.24) is 9.97 Å². The number of nitrogens with zero attached hydrogens (tertiary/aromatic N) is 3. The highest BCUT2D eigenvalue weighted by atomic mass is 32.2. The molecule has 7 heteroatoms. The lowest BCUT2D eigenvalue weighted by atomic mass is 10.4. The van der Waals surface area contributed by atoms with Gasteiger partial charge >= 0.3 is 5.69 Å². The Labute approximate surface area is 111 Å². The molecule has 6 nitrogen and oxygen atoms in total. The minimum Gasteiger partial charge on any atom is -0.364 e. The standard InChI is InChI=1S/C11H18N4O2S/c1-4-6-12-10-9(15(16)17)11(14-7-13-10)18-8(3)5-2/h7-8H,4-6H2,1-3H3,(H,12,13,14). The summed E-state index contributed by atoms with van der Waals surface area (Å²) in [7, 11) is 0. The largest absolute Gasteiger partial charge is 0.364 e. The molecule has 0 aliphatic carbocycles. The fourth-order valence-electron chi connectivity index (χ4n) is 1.26. The topological polar surface area (TPSA) is 81.0 Å². The number of rotatable bonds is 7. The third-order valence-corrected chi connectivity index (χ3v) is 3.66. The maximum atomic E-state index is 11.1. The molecule has 1 N–H and O–H groups in total. The number of nitrogens with one attached hydrogen (secondary N) is 1. The minimum atomic E-state index is -0.414. The van der Waals surface area contributed by atoms with Crippen molar-refractivity contribution in [3.05, 3.63) is 16.4 Å². The lowest BCUT2D eigenvalue weighted by Crippen LogP contribution is -2.08. The smallest absolute Gasteiger partial charge is 0.343 e. The first-order valence-electron chi connectivity index (χ1n) is 6.00. The molecule has 1 rings (SSSR count). The Bertz CT molecular complexity index is 414. The van der Waals surface area contributed by atoms with E-state index in [9.17, 15) is 10.1 Å². The lowest BCUT2D eigenvalue weighted by molar-refractivity contribution is -0.387. The molecule has 0 saturated heterocycles. The van der Waals surface area contributed by atoms with Gasteiger partial charge in [-0.2, -0.15) is 0 Å². The third kappa shape index (κ3) is 3.83. The Balaban J connectivity index is 3.05. The van der Waals surface area contributed by atoms with Gasteiger partial charge in [0, 0.05) is 11.8 Å². The van der Waals surface area contributed by atoms with Gasteiger partial charge in [0.15, 0.2) is 5.03 Å². The predicted molar refractivity (Wildman–Crippen MR) is 73.1 cm³/mol.